The highest BCUT2D eigenvalue weighted by atomic mass is 32.2. The lowest BCUT2D eigenvalue weighted by atomic mass is 10.2. The van der Waals surface area contributed by atoms with E-state index in [2.05, 4.69) is 5.48 Å². The summed E-state index contributed by atoms with van der Waals surface area (Å²) < 4.78 is 39.7. The van der Waals surface area contributed by atoms with E-state index in [9.17, 15) is 17.6 Å². The quantitative estimate of drug-likeness (QED) is 0.782. The molecule has 1 N–H and O–H groups in total. The molecule has 0 spiro atoms. The van der Waals surface area contributed by atoms with Crippen molar-refractivity contribution in [2.24, 2.45) is 0 Å². The third-order valence-corrected chi connectivity index (χ3v) is 6.10. The first-order valence-corrected chi connectivity index (χ1v) is 9.65. The summed E-state index contributed by atoms with van der Waals surface area (Å²) >= 11 is 0. The van der Waals surface area contributed by atoms with Crippen molar-refractivity contribution in [3.05, 3.63) is 66.0 Å². The molecule has 26 heavy (non-hydrogen) atoms. The number of sulfonamides is 1. The van der Waals surface area contributed by atoms with E-state index in [0.717, 1.165) is 22.0 Å². The second-order valence-electron chi connectivity index (χ2n) is 5.97. The number of nitrogens with zero attached hydrogens (tertiary/aromatic N) is 1. The molecule has 1 aliphatic heterocycles. The van der Waals surface area contributed by atoms with Crippen molar-refractivity contribution in [2.75, 3.05) is 6.54 Å². The lowest BCUT2D eigenvalue weighted by molar-refractivity contribution is -0.137. The summed E-state index contributed by atoms with van der Waals surface area (Å²) in [6.45, 7) is 0.417. The van der Waals surface area contributed by atoms with Crippen LogP contribution in [0.3, 0.4) is 0 Å². The minimum absolute atomic E-state index is 0.0381. The van der Waals surface area contributed by atoms with E-state index in [1.54, 1.807) is 0 Å². The first-order valence-electron chi connectivity index (χ1n) is 8.21. The summed E-state index contributed by atoms with van der Waals surface area (Å²) in [6.07, 6.45) is 0.970. The Hall–Kier alpha value is -2.29. The number of hydrogen-bond donors (Lipinski definition) is 1. The zero-order valence-electron chi connectivity index (χ0n) is 14.0. The minimum atomic E-state index is -3.88. The third kappa shape index (κ3) is 4.09. The van der Waals surface area contributed by atoms with Crippen molar-refractivity contribution in [1.82, 2.24) is 9.79 Å². The number of hydrogen-bond acceptors (Lipinski definition) is 4. The number of amides is 1. The number of halogens is 1. The molecule has 1 fully saturated rings. The van der Waals surface area contributed by atoms with Crippen LogP contribution in [0.2, 0.25) is 0 Å². The molecule has 0 aliphatic carbocycles. The van der Waals surface area contributed by atoms with Crippen molar-refractivity contribution in [3.63, 3.8) is 0 Å². The Balaban J connectivity index is 1.65. The molecule has 6 nitrogen and oxygen atoms in total. The zero-order valence-corrected chi connectivity index (χ0v) is 14.8. The Morgan fingerprint density at radius 2 is 1.85 bits per heavy atom. The van der Waals surface area contributed by atoms with Gasteiger partial charge in [-0.25, -0.2) is 18.3 Å². The van der Waals surface area contributed by atoms with E-state index in [1.165, 1.54) is 12.1 Å². The van der Waals surface area contributed by atoms with Crippen LogP contribution in [0.4, 0.5) is 4.39 Å². The van der Waals surface area contributed by atoms with Gasteiger partial charge in [-0.05, 0) is 42.7 Å². The number of rotatable bonds is 6. The maximum Gasteiger partial charge on any atom is 0.261 e. The molecule has 0 aromatic heterocycles. The summed E-state index contributed by atoms with van der Waals surface area (Å²) in [6, 6.07) is 13.0. The van der Waals surface area contributed by atoms with Crippen molar-refractivity contribution < 1.29 is 22.4 Å². The molecule has 2 aromatic carbocycles. The predicted octanol–water partition coefficient (Wildman–Crippen LogP) is 2.23. The Morgan fingerprint density at radius 1 is 1.15 bits per heavy atom. The number of benzene rings is 2. The molecule has 1 saturated heterocycles. The highest BCUT2D eigenvalue weighted by Gasteiger charge is 2.39. The second-order valence-corrected chi connectivity index (χ2v) is 7.86. The summed E-state index contributed by atoms with van der Waals surface area (Å²) in [5.41, 5.74) is 3.21. The van der Waals surface area contributed by atoms with Gasteiger partial charge >= 0.3 is 0 Å². The van der Waals surface area contributed by atoms with Gasteiger partial charge < -0.3 is 0 Å². The summed E-state index contributed by atoms with van der Waals surface area (Å²) in [7, 11) is -3.88. The molecule has 0 saturated carbocycles. The van der Waals surface area contributed by atoms with Gasteiger partial charge in [0.2, 0.25) is 10.0 Å². The highest BCUT2D eigenvalue weighted by molar-refractivity contribution is 7.89. The topological polar surface area (TPSA) is 75.7 Å². The van der Waals surface area contributed by atoms with E-state index in [1.807, 2.05) is 30.3 Å². The van der Waals surface area contributed by atoms with Crippen LogP contribution in [0.5, 0.6) is 0 Å². The van der Waals surface area contributed by atoms with E-state index >= 15 is 0 Å². The standard InChI is InChI=1S/C18H19FN2O4S/c19-15-8-10-16(11-9-15)26(23,24)21-12-4-7-17(21)18(22)20-25-13-14-5-2-1-3-6-14/h1-3,5-6,8-11,17H,4,7,12-13H2,(H,20,22). The lowest BCUT2D eigenvalue weighted by Crippen LogP contribution is -2.45. The average Bonchev–Trinajstić information content (AvgIpc) is 3.14. The van der Waals surface area contributed by atoms with Crippen molar-refractivity contribution in [3.8, 4) is 0 Å². The fourth-order valence-electron chi connectivity index (χ4n) is 2.86. The van der Waals surface area contributed by atoms with E-state index < -0.39 is 27.8 Å². The molecule has 138 valence electrons. The van der Waals surface area contributed by atoms with Crippen LogP contribution < -0.4 is 5.48 Å². The molecule has 1 amide bonds. The molecular weight excluding hydrogens is 359 g/mol. The minimum Gasteiger partial charge on any atom is -0.271 e. The summed E-state index contributed by atoms with van der Waals surface area (Å²) in [4.78, 5) is 17.5. The number of carbonyl (C=O) groups excluding carboxylic acids is 1. The Kier molecular flexibility index (Phi) is 5.65. The van der Waals surface area contributed by atoms with Gasteiger partial charge in [-0.15, -0.1) is 0 Å². The van der Waals surface area contributed by atoms with Crippen LogP contribution in [0, 0.1) is 5.82 Å². The van der Waals surface area contributed by atoms with Gasteiger partial charge in [-0.3, -0.25) is 9.63 Å². The maximum absolute atomic E-state index is 13.0. The summed E-state index contributed by atoms with van der Waals surface area (Å²) in [5.74, 6) is -1.03. The molecule has 1 atom stereocenters. The molecule has 1 unspecified atom stereocenters. The third-order valence-electron chi connectivity index (χ3n) is 4.18. The maximum atomic E-state index is 13.0. The first kappa shape index (κ1) is 18.5. The van der Waals surface area contributed by atoms with Crippen molar-refractivity contribution in [2.45, 2.75) is 30.4 Å². The van der Waals surface area contributed by atoms with Gasteiger partial charge in [0.05, 0.1) is 11.5 Å². The fraction of sp³-hybridized carbons (Fsp3) is 0.278. The SMILES string of the molecule is O=C(NOCc1ccccc1)C1CCCN1S(=O)(=O)c1ccc(F)cc1. The van der Waals surface area contributed by atoms with E-state index in [-0.39, 0.29) is 18.0 Å². The van der Waals surface area contributed by atoms with Crippen LogP contribution >= 0.6 is 0 Å². The fourth-order valence-corrected chi connectivity index (χ4v) is 4.52. The molecule has 0 bridgehead atoms. The summed E-state index contributed by atoms with van der Waals surface area (Å²) in [5, 5.41) is 0. The molecule has 2 aromatic rings. The van der Waals surface area contributed by atoms with E-state index in [4.69, 9.17) is 4.84 Å². The number of carbonyl (C=O) groups is 1. The molecule has 1 aliphatic rings. The van der Waals surface area contributed by atoms with Gasteiger partial charge in [0.15, 0.2) is 0 Å². The predicted molar refractivity (Wildman–Crippen MR) is 92.7 cm³/mol. The van der Waals surface area contributed by atoms with Crippen LogP contribution in [0.1, 0.15) is 18.4 Å². The van der Waals surface area contributed by atoms with Gasteiger partial charge in [0.1, 0.15) is 11.9 Å². The van der Waals surface area contributed by atoms with Crippen LogP contribution in [0.15, 0.2) is 59.5 Å². The molecule has 1 heterocycles. The molecule has 8 heteroatoms. The van der Waals surface area contributed by atoms with E-state index in [0.29, 0.717) is 12.8 Å². The molecular formula is C18H19FN2O4S. The number of hydroxylamine groups is 1. The van der Waals surface area contributed by atoms with Crippen LogP contribution in [0.25, 0.3) is 0 Å². The van der Waals surface area contributed by atoms with Gasteiger partial charge in [-0.1, -0.05) is 30.3 Å². The normalized spacial score (nSPS) is 18.0. The van der Waals surface area contributed by atoms with Crippen molar-refractivity contribution >= 4 is 15.9 Å². The average molecular weight is 378 g/mol. The smallest absolute Gasteiger partial charge is 0.261 e. The van der Waals surface area contributed by atoms with Gasteiger partial charge in [0.25, 0.3) is 5.91 Å². The number of nitrogens with one attached hydrogen (secondary N) is 1. The van der Waals surface area contributed by atoms with Crippen LogP contribution in [-0.2, 0) is 26.3 Å². The zero-order chi connectivity index (χ0) is 18.6. The van der Waals surface area contributed by atoms with Gasteiger partial charge in [0, 0.05) is 6.54 Å². The lowest BCUT2D eigenvalue weighted by Gasteiger charge is -2.23. The van der Waals surface area contributed by atoms with Crippen molar-refractivity contribution in [1.29, 1.82) is 0 Å². The second kappa shape index (κ2) is 7.94. The first-order chi connectivity index (χ1) is 12.5. The molecule has 0 radical (unpaired) electrons. The highest BCUT2D eigenvalue weighted by Crippen LogP contribution is 2.26. The van der Waals surface area contributed by atoms with Gasteiger partial charge in [-0.2, -0.15) is 4.31 Å². The Bertz CT molecular complexity index is 857. The van der Waals surface area contributed by atoms with Crippen LogP contribution in [-0.4, -0.2) is 31.2 Å². The monoisotopic (exact) mass is 378 g/mol. The molecule has 3 rings (SSSR count). The Labute approximate surface area is 151 Å². The Morgan fingerprint density at radius 3 is 2.54 bits per heavy atom. The largest absolute Gasteiger partial charge is 0.271 e.